The molecule has 1 fully saturated rings. The second-order valence-corrected chi connectivity index (χ2v) is 9.87. The number of hydrogen-bond donors (Lipinski definition) is 1. The molecule has 6 nitrogen and oxygen atoms in total. The maximum atomic E-state index is 13.4. The Morgan fingerprint density at radius 3 is 2.41 bits per heavy atom. The molecule has 1 saturated heterocycles. The number of carbonyl (C=O) groups is 2. The van der Waals surface area contributed by atoms with Gasteiger partial charge in [0.15, 0.2) is 0 Å². The molecule has 1 N–H and O–H groups in total. The number of thioether (sulfide) groups is 1. The maximum Gasteiger partial charge on any atom is 0.433 e. The summed E-state index contributed by atoms with van der Waals surface area (Å²) in [6.45, 7) is 1.03. The standard InChI is InChI=1S/C27H23F3N4O2S/c28-27(29,30)23-6-3-7-24(32-23)34(26(36)33-12-14-37-15-13-33)17-18-8-10-19(11-9-18)25(35)22-16-20-4-1-2-5-21(20)31-22/h1-11,16,31H,12-15,17H2. The van der Waals surface area contributed by atoms with Crippen molar-refractivity contribution >= 4 is 40.3 Å². The summed E-state index contributed by atoms with van der Waals surface area (Å²) in [6.07, 6.45) is -4.63. The van der Waals surface area contributed by atoms with Gasteiger partial charge < -0.3 is 9.88 Å². The van der Waals surface area contributed by atoms with Crippen molar-refractivity contribution < 1.29 is 22.8 Å². The Morgan fingerprint density at radius 2 is 1.70 bits per heavy atom. The molecule has 0 radical (unpaired) electrons. The quantitative estimate of drug-likeness (QED) is 0.326. The third-order valence-electron chi connectivity index (χ3n) is 6.15. The predicted octanol–water partition coefficient (Wildman–Crippen LogP) is 5.99. The molecule has 1 aliphatic rings. The molecule has 2 amide bonds. The molecule has 0 spiro atoms. The van der Waals surface area contributed by atoms with Crippen molar-refractivity contribution in [3.8, 4) is 0 Å². The number of nitrogens with zero attached hydrogens (tertiary/aromatic N) is 3. The number of aromatic nitrogens is 2. The zero-order valence-corrected chi connectivity index (χ0v) is 20.5. The zero-order chi connectivity index (χ0) is 26.0. The van der Waals surface area contributed by atoms with Gasteiger partial charge in [0.1, 0.15) is 11.5 Å². The lowest BCUT2D eigenvalue weighted by Gasteiger charge is -2.32. The normalized spacial score (nSPS) is 14.1. The fraction of sp³-hybridized carbons (Fsp3) is 0.222. The number of nitrogens with one attached hydrogen (secondary N) is 1. The average molecular weight is 525 g/mol. The molecule has 4 aromatic rings. The van der Waals surface area contributed by atoms with Gasteiger partial charge in [0.05, 0.1) is 12.2 Å². The molecule has 3 heterocycles. The second kappa shape index (κ2) is 10.3. The number of H-pyrrole nitrogens is 1. The van der Waals surface area contributed by atoms with Crippen molar-refractivity contribution in [2.75, 3.05) is 29.5 Å². The lowest BCUT2D eigenvalue weighted by atomic mass is 10.1. The molecule has 2 aromatic heterocycles. The summed E-state index contributed by atoms with van der Waals surface area (Å²) in [5.74, 6) is 1.28. The van der Waals surface area contributed by atoms with Crippen LogP contribution < -0.4 is 4.90 Å². The molecular weight excluding hydrogens is 501 g/mol. The van der Waals surface area contributed by atoms with Gasteiger partial charge in [-0.15, -0.1) is 0 Å². The fourth-order valence-corrected chi connectivity index (χ4v) is 5.10. The summed E-state index contributed by atoms with van der Waals surface area (Å²) in [7, 11) is 0. The number of halogens is 3. The Bertz CT molecular complexity index is 1400. The molecule has 10 heteroatoms. The third-order valence-corrected chi connectivity index (χ3v) is 7.09. The molecule has 1 aliphatic heterocycles. The Morgan fingerprint density at radius 1 is 0.973 bits per heavy atom. The number of fused-ring (bicyclic) bond motifs is 1. The van der Waals surface area contributed by atoms with E-state index in [-0.39, 0.29) is 18.1 Å². The van der Waals surface area contributed by atoms with Gasteiger partial charge in [-0.1, -0.05) is 48.5 Å². The van der Waals surface area contributed by atoms with Crippen molar-refractivity contribution in [3.05, 3.63) is 95.3 Å². The summed E-state index contributed by atoms with van der Waals surface area (Å²) in [6, 6.07) is 19.2. The van der Waals surface area contributed by atoms with Crippen LogP contribution in [0.5, 0.6) is 0 Å². The molecule has 0 aliphatic carbocycles. The molecule has 0 bridgehead atoms. The Balaban J connectivity index is 1.40. The van der Waals surface area contributed by atoms with Crippen molar-refractivity contribution in [1.82, 2.24) is 14.9 Å². The SMILES string of the molecule is O=C(c1ccc(CN(C(=O)N2CCSCC2)c2cccc(C(F)(F)F)n2)cc1)c1cc2ccccc2[nH]1. The number of amides is 2. The second-order valence-electron chi connectivity index (χ2n) is 8.64. The van der Waals surface area contributed by atoms with E-state index in [1.54, 1.807) is 47.0 Å². The lowest BCUT2D eigenvalue weighted by molar-refractivity contribution is -0.141. The van der Waals surface area contributed by atoms with Crippen molar-refractivity contribution in [2.45, 2.75) is 12.7 Å². The first kappa shape index (κ1) is 24.9. The minimum atomic E-state index is -4.63. The van der Waals surface area contributed by atoms with Crippen LogP contribution in [-0.2, 0) is 12.7 Å². The van der Waals surface area contributed by atoms with Crippen LogP contribution in [0.3, 0.4) is 0 Å². The number of urea groups is 1. The monoisotopic (exact) mass is 524 g/mol. The minimum absolute atomic E-state index is 0.0116. The summed E-state index contributed by atoms with van der Waals surface area (Å²) in [5, 5.41) is 0.932. The summed E-state index contributed by atoms with van der Waals surface area (Å²) in [4.78, 5) is 36.1. The van der Waals surface area contributed by atoms with E-state index in [4.69, 9.17) is 0 Å². The van der Waals surface area contributed by atoms with E-state index < -0.39 is 17.9 Å². The number of rotatable bonds is 5. The first-order valence-electron chi connectivity index (χ1n) is 11.7. The number of carbonyl (C=O) groups excluding carboxylic acids is 2. The zero-order valence-electron chi connectivity index (χ0n) is 19.7. The molecule has 0 saturated carbocycles. The molecule has 5 rings (SSSR count). The predicted molar refractivity (Wildman–Crippen MR) is 138 cm³/mol. The van der Waals surface area contributed by atoms with Gasteiger partial charge in [-0.25, -0.2) is 9.78 Å². The van der Waals surface area contributed by atoms with Crippen LogP contribution >= 0.6 is 11.8 Å². The highest BCUT2D eigenvalue weighted by Gasteiger charge is 2.34. The van der Waals surface area contributed by atoms with Crippen molar-refractivity contribution in [1.29, 1.82) is 0 Å². The largest absolute Gasteiger partial charge is 0.433 e. The van der Waals surface area contributed by atoms with E-state index in [0.717, 1.165) is 28.5 Å². The van der Waals surface area contributed by atoms with Gasteiger partial charge in [0, 0.05) is 41.1 Å². The van der Waals surface area contributed by atoms with Crippen molar-refractivity contribution in [3.63, 3.8) is 0 Å². The first-order valence-corrected chi connectivity index (χ1v) is 12.8. The number of aromatic amines is 1. The number of ketones is 1. The van der Waals surface area contributed by atoms with E-state index in [1.165, 1.54) is 17.0 Å². The summed E-state index contributed by atoms with van der Waals surface area (Å²) >= 11 is 1.73. The highest BCUT2D eigenvalue weighted by molar-refractivity contribution is 7.99. The van der Waals surface area contributed by atoms with Crippen molar-refractivity contribution in [2.24, 2.45) is 0 Å². The summed E-state index contributed by atoms with van der Waals surface area (Å²) in [5.41, 5.74) is 1.38. The molecule has 190 valence electrons. The number of pyridine rings is 1. The van der Waals surface area contributed by atoms with Gasteiger partial charge in [-0.05, 0) is 29.8 Å². The number of hydrogen-bond acceptors (Lipinski definition) is 4. The number of alkyl halides is 3. The number of benzene rings is 2. The lowest BCUT2D eigenvalue weighted by Crippen LogP contribution is -2.47. The Hall–Kier alpha value is -3.79. The molecule has 0 unspecified atom stereocenters. The van der Waals surface area contributed by atoms with E-state index in [0.29, 0.717) is 29.9 Å². The van der Waals surface area contributed by atoms with Gasteiger partial charge in [0.2, 0.25) is 5.78 Å². The van der Waals surface area contributed by atoms with Gasteiger partial charge in [-0.3, -0.25) is 9.69 Å². The third kappa shape index (κ3) is 5.48. The van der Waals surface area contributed by atoms with E-state index in [1.807, 2.05) is 24.3 Å². The van der Waals surface area contributed by atoms with E-state index in [2.05, 4.69) is 9.97 Å². The Kier molecular flexibility index (Phi) is 6.92. The van der Waals surface area contributed by atoms with Gasteiger partial charge >= 0.3 is 12.2 Å². The van der Waals surface area contributed by atoms with Crippen LogP contribution in [0.15, 0.2) is 72.8 Å². The average Bonchev–Trinajstić information content (AvgIpc) is 3.36. The van der Waals surface area contributed by atoms with Gasteiger partial charge in [-0.2, -0.15) is 24.9 Å². The summed E-state index contributed by atoms with van der Waals surface area (Å²) < 4.78 is 40.0. The topological polar surface area (TPSA) is 69.3 Å². The maximum absolute atomic E-state index is 13.4. The van der Waals surface area contributed by atoms with Crippen LogP contribution in [0.2, 0.25) is 0 Å². The molecule has 2 aromatic carbocycles. The van der Waals surface area contributed by atoms with Crippen LogP contribution in [0.1, 0.15) is 27.3 Å². The highest BCUT2D eigenvalue weighted by atomic mass is 32.2. The van der Waals surface area contributed by atoms with E-state index >= 15 is 0 Å². The fourth-order valence-electron chi connectivity index (χ4n) is 4.20. The Labute approximate surface area is 215 Å². The smallest absolute Gasteiger partial charge is 0.352 e. The molecule has 37 heavy (non-hydrogen) atoms. The highest BCUT2D eigenvalue weighted by Crippen LogP contribution is 2.30. The molecule has 0 atom stereocenters. The van der Waals surface area contributed by atoms with Crippen LogP contribution in [-0.4, -0.2) is 51.3 Å². The van der Waals surface area contributed by atoms with Crippen LogP contribution in [0, 0.1) is 0 Å². The molecular formula is C27H23F3N4O2S. The number of anilines is 1. The minimum Gasteiger partial charge on any atom is -0.352 e. The number of para-hydroxylation sites is 1. The van der Waals surface area contributed by atoms with Crippen LogP contribution in [0.4, 0.5) is 23.8 Å². The van der Waals surface area contributed by atoms with E-state index in [9.17, 15) is 22.8 Å². The van der Waals surface area contributed by atoms with Crippen LogP contribution in [0.25, 0.3) is 10.9 Å². The van der Waals surface area contributed by atoms with Gasteiger partial charge in [0.25, 0.3) is 0 Å². The first-order chi connectivity index (χ1) is 17.8.